The first-order valence-corrected chi connectivity index (χ1v) is 6.67. The Morgan fingerprint density at radius 1 is 1.38 bits per heavy atom. The van der Waals surface area contributed by atoms with Crippen LogP contribution < -0.4 is 5.32 Å². The summed E-state index contributed by atoms with van der Waals surface area (Å²) in [6.45, 7) is 3.24. The van der Waals surface area contributed by atoms with Crippen molar-refractivity contribution in [3.05, 3.63) is 24.2 Å². The summed E-state index contributed by atoms with van der Waals surface area (Å²) in [5.74, 6) is 2.86. The molecule has 1 heterocycles. The van der Waals surface area contributed by atoms with Crippen molar-refractivity contribution in [2.75, 3.05) is 6.54 Å². The van der Waals surface area contributed by atoms with Gasteiger partial charge >= 0.3 is 0 Å². The molecular weight excluding hydrogens is 198 g/mol. The van der Waals surface area contributed by atoms with E-state index >= 15 is 0 Å². The molecule has 1 aromatic rings. The highest BCUT2D eigenvalue weighted by Crippen LogP contribution is 2.60. The summed E-state index contributed by atoms with van der Waals surface area (Å²) >= 11 is 0. The molecule has 0 amide bonds. The molecule has 1 N–H and O–H groups in total. The average molecular weight is 219 g/mol. The largest absolute Gasteiger partial charge is 0.472 e. The van der Waals surface area contributed by atoms with E-state index in [1.807, 2.05) is 6.26 Å². The highest BCUT2D eigenvalue weighted by Gasteiger charge is 2.54. The van der Waals surface area contributed by atoms with Crippen molar-refractivity contribution in [2.45, 2.75) is 38.6 Å². The normalized spacial score (nSPS) is 34.4. The topological polar surface area (TPSA) is 25.2 Å². The lowest BCUT2D eigenvalue weighted by atomic mass is 10.0. The number of hydrogen-bond acceptors (Lipinski definition) is 2. The van der Waals surface area contributed by atoms with Crippen molar-refractivity contribution in [3.63, 3.8) is 0 Å². The van der Waals surface area contributed by atoms with Gasteiger partial charge in [0.2, 0.25) is 0 Å². The van der Waals surface area contributed by atoms with Gasteiger partial charge in [0.25, 0.3) is 0 Å². The van der Waals surface area contributed by atoms with Crippen molar-refractivity contribution in [3.8, 4) is 0 Å². The highest BCUT2D eigenvalue weighted by atomic mass is 16.3. The van der Waals surface area contributed by atoms with Gasteiger partial charge in [0.15, 0.2) is 0 Å². The van der Waals surface area contributed by atoms with Crippen LogP contribution in [-0.4, -0.2) is 6.54 Å². The Morgan fingerprint density at radius 3 is 2.69 bits per heavy atom. The fourth-order valence-electron chi connectivity index (χ4n) is 3.69. The number of hydrogen-bond donors (Lipinski definition) is 1. The fourth-order valence-corrected chi connectivity index (χ4v) is 3.69. The molecule has 0 radical (unpaired) electrons. The Hall–Kier alpha value is -0.760. The Balaban J connectivity index is 1.74. The van der Waals surface area contributed by atoms with Crippen LogP contribution in [0.5, 0.6) is 0 Å². The Labute approximate surface area is 97.4 Å². The molecule has 2 nitrogen and oxygen atoms in total. The van der Waals surface area contributed by atoms with Gasteiger partial charge < -0.3 is 9.73 Å². The average Bonchev–Trinajstić information content (AvgIpc) is 2.78. The minimum atomic E-state index is 0.539. The van der Waals surface area contributed by atoms with E-state index in [1.54, 1.807) is 6.26 Å². The van der Waals surface area contributed by atoms with Gasteiger partial charge in [-0.15, -0.1) is 0 Å². The zero-order valence-electron chi connectivity index (χ0n) is 9.99. The first-order valence-electron chi connectivity index (χ1n) is 6.67. The Kier molecular flexibility index (Phi) is 2.76. The Bertz CT molecular complexity index is 321. The molecule has 3 rings (SSSR count). The lowest BCUT2D eigenvalue weighted by Crippen LogP contribution is -2.23. The van der Waals surface area contributed by atoms with Crippen LogP contribution in [0.1, 0.15) is 44.2 Å². The lowest BCUT2D eigenvalue weighted by molar-refractivity contribution is 0.450. The molecule has 3 atom stereocenters. The molecule has 2 heteroatoms. The maximum atomic E-state index is 5.23. The quantitative estimate of drug-likeness (QED) is 0.840. The molecule has 0 aromatic carbocycles. The van der Waals surface area contributed by atoms with Crippen molar-refractivity contribution < 1.29 is 4.42 Å². The first-order chi connectivity index (χ1) is 7.92. The maximum absolute atomic E-state index is 5.23. The standard InChI is InChI=1S/C14H21NO/c1-2-15-14(10-7-8-16-9-10)13-11-5-3-4-6-12(11)13/h7-9,11-15H,2-6H2,1H3. The van der Waals surface area contributed by atoms with E-state index in [9.17, 15) is 0 Å². The smallest absolute Gasteiger partial charge is 0.0950 e. The van der Waals surface area contributed by atoms with E-state index in [-0.39, 0.29) is 0 Å². The second-order valence-electron chi connectivity index (χ2n) is 5.28. The van der Waals surface area contributed by atoms with E-state index in [1.165, 1.54) is 31.2 Å². The predicted octanol–water partition coefficient (Wildman–Crippen LogP) is 3.37. The summed E-state index contributed by atoms with van der Waals surface area (Å²) in [6.07, 6.45) is 9.51. The second-order valence-corrected chi connectivity index (χ2v) is 5.28. The van der Waals surface area contributed by atoms with Crippen LogP contribution in [0.25, 0.3) is 0 Å². The van der Waals surface area contributed by atoms with Gasteiger partial charge in [0.05, 0.1) is 12.5 Å². The number of nitrogens with one attached hydrogen (secondary N) is 1. The molecule has 16 heavy (non-hydrogen) atoms. The van der Waals surface area contributed by atoms with Gasteiger partial charge in [-0.1, -0.05) is 19.8 Å². The predicted molar refractivity (Wildman–Crippen MR) is 64.1 cm³/mol. The van der Waals surface area contributed by atoms with Crippen LogP contribution in [0.2, 0.25) is 0 Å². The summed E-state index contributed by atoms with van der Waals surface area (Å²) in [5.41, 5.74) is 1.35. The molecule has 0 spiro atoms. The lowest BCUT2D eigenvalue weighted by Gasteiger charge is -2.16. The molecule has 0 aliphatic heterocycles. The van der Waals surface area contributed by atoms with Crippen LogP contribution in [0, 0.1) is 17.8 Å². The molecular formula is C14H21NO. The van der Waals surface area contributed by atoms with Gasteiger partial charge in [-0.05, 0) is 43.2 Å². The van der Waals surface area contributed by atoms with Crippen molar-refractivity contribution in [1.29, 1.82) is 0 Å². The molecule has 3 unspecified atom stereocenters. The SMILES string of the molecule is CCNC(c1ccoc1)C1C2CCCCC21. The molecule has 1 aromatic heterocycles. The number of furan rings is 1. The molecule has 2 saturated carbocycles. The summed E-state index contributed by atoms with van der Waals surface area (Å²) < 4.78 is 5.23. The summed E-state index contributed by atoms with van der Waals surface area (Å²) in [7, 11) is 0. The molecule has 2 fully saturated rings. The third kappa shape index (κ3) is 1.69. The molecule has 0 bridgehead atoms. The van der Waals surface area contributed by atoms with Crippen molar-refractivity contribution in [1.82, 2.24) is 5.32 Å². The summed E-state index contributed by atoms with van der Waals surface area (Å²) in [6, 6.07) is 2.66. The summed E-state index contributed by atoms with van der Waals surface area (Å²) in [5, 5.41) is 3.64. The van der Waals surface area contributed by atoms with E-state index in [0.717, 1.165) is 24.3 Å². The van der Waals surface area contributed by atoms with E-state index < -0.39 is 0 Å². The zero-order chi connectivity index (χ0) is 11.0. The number of rotatable bonds is 4. The zero-order valence-corrected chi connectivity index (χ0v) is 9.99. The van der Waals surface area contributed by atoms with Gasteiger partial charge in [-0.25, -0.2) is 0 Å². The molecule has 2 aliphatic carbocycles. The Morgan fingerprint density at radius 2 is 2.12 bits per heavy atom. The van der Waals surface area contributed by atoms with Gasteiger partial charge in [0.1, 0.15) is 0 Å². The molecule has 88 valence electrons. The van der Waals surface area contributed by atoms with Crippen molar-refractivity contribution >= 4 is 0 Å². The van der Waals surface area contributed by atoms with Crippen LogP contribution in [-0.2, 0) is 0 Å². The van der Waals surface area contributed by atoms with E-state index in [0.29, 0.717) is 6.04 Å². The summed E-state index contributed by atoms with van der Waals surface area (Å²) in [4.78, 5) is 0. The second kappa shape index (κ2) is 4.25. The molecule has 2 aliphatic rings. The third-order valence-electron chi connectivity index (χ3n) is 4.43. The van der Waals surface area contributed by atoms with Crippen molar-refractivity contribution in [2.24, 2.45) is 17.8 Å². The van der Waals surface area contributed by atoms with Crippen LogP contribution in [0.3, 0.4) is 0 Å². The number of fused-ring (bicyclic) bond motifs is 1. The fraction of sp³-hybridized carbons (Fsp3) is 0.714. The maximum Gasteiger partial charge on any atom is 0.0950 e. The van der Waals surface area contributed by atoms with Crippen LogP contribution in [0.15, 0.2) is 23.0 Å². The van der Waals surface area contributed by atoms with Gasteiger partial charge in [-0.3, -0.25) is 0 Å². The van der Waals surface area contributed by atoms with Gasteiger partial charge in [0, 0.05) is 11.6 Å². The van der Waals surface area contributed by atoms with Gasteiger partial charge in [-0.2, -0.15) is 0 Å². The third-order valence-corrected chi connectivity index (χ3v) is 4.43. The monoisotopic (exact) mass is 219 g/mol. The highest BCUT2D eigenvalue weighted by molar-refractivity contribution is 5.19. The van der Waals surface area contributed by atoms with Crippen LogP contribution in [0.4, 0.5) is 0 Å². The molecule has 0 saturated heterocycles. The van der Waals surface area contributed by atoms with Crippen LogP contribution >= 0.6 is 0 Å². The van der Waals surface area contributed by atoms with E-state index in [4.69, 9.17) is 4.42 Å². The van der Waals surface area contributed by atoms with E-state index in [2.05, 4.69) is 18.3 Å². The minimum Gasteiger partial charge on any atom is -0.472 e. The first kappa shape index (κ1) is 10.4. The minimum absolute atomic E-state index is 0.539.